The van der Waals surface area contributed by atoms with Crippen LogP contribution in [0.15, 0.2) is 65.8 Å². The van der Waals surface area contributed by atoms with Crippen LogP contribution in [0.25, 0.3) is 0 Å². The number of amides is 1. The average Bonchev–Trinajstić information content (AvgIpc) is 3.16. The van der Waals surface area contributed by atoms with Crippen LogP contribution in [0.1, 0.15) is 54.8 Å². The van der Waals surface area contributed by atoms with Crippen molar-refractivity contribution >= 4 is 39.2 Å². The molecule has 1 saturated heterocycles. The Bertz CT molecular complexity index is 1440. The predicted molar refractivity (Wildman–Crippen MR) is 144 cm³/mol. The molecule has 38 heavy (non-hydrogen) atoms. The molecule has 2 N–H and O–H groups in total. The smallest absolute Gasteiger partial charge is 0.338 e. The van der Waals surface area contributed by atoms with E-state index in [2.05, 4.69) is 45.7 Å². The third-order valence-corrected chi connectivity index (χ3v) is 8.10. The zero-order valence-corrected chi connectivity index (χ0v) is 22.6. The molecule has 1 amide bonds. The molecule has 0 aliphatic carbocycles. The van der Waals surface area contributed by atoms with Crippen LogP contribution in [0.3, 0.4) is 0 Å². The number of rotatable bonds is 8. The Kier molecular flexibility index (Phi) is 7.68. The van der Waals surface area contributed by atoms with Crippen molar-refractivity contribution in [2.75, 3.05) is 23.4 Å². The van der Waals surface area contributed by atoms with Crippen molar-refractivity contribution < 1.29 is 22.7 Å². The fourth-order valence-electron chi connectivity index (χ4n) is 4.31. The highest BCUT2D eigenvalue weighted by Crippen LogP contribution is 2.38. The minimum absolute atomic E-state index is 0.175. The minimum atomic E-state index is -4.28. The van der Waals surface area contributed by atoms with Gasteiger partial charge in [0.05, 0.1) is 17.7 Å². The van der Waals surface area contributed by atoms with E-state index in [-0.39, 0.29) is 28.6 Å². The Morgan fingerprint density at radius 3 is 2.50 bits per heavy atom. The zero-order chi connectivity index (χ0) is 27.5. The fraction of sp³-hybridized carbons (Fsp3) is 0.333. The van der Waals surface area contributed by atoms with Gasteiger partial charge in [-0.15, -0.1) is 0 Å². The van der Waals surface area contributed by atoms with E-state index in [0.717, 1.165) is 6.42 Å². The second-order valence-electron chi connectivity index (χ2n) is 9.59. The summed E-state index contributed by atoms with van der Waals surface area (Å²) in [5.74, 6) is -0.132. The van der Waals surface area contributed by atoms with E-state index in [1.807, 2.05) is 0 Å². The average molecular weight is 538 g/mol. The highest BCUT2D eigenvalue weighted by Gasteiger charge is 2.40. The monoisotopic (exact) mass is 537 g/mol. The number of pyridine rings is 2. The molecule has 0 radical (unpaired) electrons. The van der Waals surface area contributed by atoms with Crippen LogP contribution in [0.4, 0.5) is 17.3 Å². The molecule has 0 saturated carbocycles. The number of anilines is 3. The topological polar surface area (TPSA) is 131 Å². The fourth-order valence-corrected chi connectivity index (χ4v) is 5.25. The van der Waals surface area contributed by atoms with Gasteiger partial charge in [0.25, 0.3) is 15.9 Å². The number of ether oxygens (including phenoxy) is 1. The van der Waals surface area contributed by atoms with E-state index in [1.54, 1.807) is 55.6 Å². The number of benzene rings is 1. The first-order chi connectivity index (χ1) is 18.0. The lowest BCUT2D eigenvalue weighted by atomic mass is 9.90. The minimum Gasteiger partial charge on any atom is -0.462 e. The molecule has 3 heterocycles. The Balaban J connectivity index is 1.52. The van der Waals surface area contributed by atoms with E-state index in [4.69, 9.17) is 4.74 Å². The quantitative estimate of drug-likeness (QED) is 0.407. The first kappa shape index (κ1) is 27.1. The number of nitrogens with zero attached hydrogens (tertiary/aromatic N) is 3. The summed E-state index contributed by atoms with van der Waals surface area (Å²) in [6.45, 7) is 9.05. The number of aromatic nitrogens is 2. The first-order valence-corrected chi connectivity index (χ1v) is 13.8. The summed E-state index contributed by atoms with van der Waals surface area (Å²) in [6.07, 6.45) is 2.54. The number of nitrogens with one attached hydrogen (secondary N) is 2. The van der Waals surface area contributed by atoms with E-state index >= 15 is 0 Å². The van der Waals surface area contributed by atoms with Gasteiger partial charge in [-0.2, -0.15) is 8.42 Å². The zero-order valence-electron chi connectivity index (χ0n) is 21.8. The number of hydrogen-bond acceptors (Lipinski definition) is 9. The Labute approximate surface area is 222 Å². The standard InChI is InChI=1S/C27H31N5O5S/c1-5-37-26(34)19-11-13-20(14-12-19)29-22-9-6-10-23(30-22)38(35,36)31-25(33)21-8-7-16-28-24(21)32-17-15-18(2)27(32,3)4/h6-14,16,18H,5,15,17H2,1-4H3,(H,29,30)(H,31,33). The number of hydrogen-bond donors (Lipinski definition) is 2. The number of sulfonamides is 1. The summed E-state index contributed by atoms with van der Waals surface area (Å²) in [6, 6.07) is 14.1. The number of esters is 1. The van der Waals surface area contributed by atoms with Gasteiger partial charge in [0.1, 0.15) is 11.6 Å². The predicted octanol–water partition coefficient (Wildman–Crippen LogP) is 4.14. The van der Waals surface area contributed by atoms with E-state index in [1.165, 1.54) is 12.1 Å². The molecular weight excluding hydrogens is 506 g/mol. The van der Waals surface area contributed by atoms with Crippen LogP contribution in [-0.2, 0) is 14.8 Å². The maximum Gasteiger partial charge on any atom is 0.338 e. The van der Waals surface area contributed by atoms with Crippen LogP contribution in [0, 0.1) is 5.92 Å². The summed E-state index contributed by atoms with van der Waals surface area (Å²) in [7, 11) is -4.28. The van der Waals surface area contributed by atoms with Crippen LogP contribution in [-0.4, -0.2) is 49.0 Å². The molecule has 0 bridgehead atoms. The molecule has 1 aliphatic rings. The van der Waals surface area contributed by atoms with Crippen molar-refractivity contribution in [2.45, 2.75) is 44.7 Å². The molecule has 1 atom stereocenters. The summed E-state index contributed by atoms with van der Waals surface area (Å²) >= 11 is 0. The van der Waals surface area contributed by atoms with Gasteiger partial charge >= 0.3 is 5.97 Å². The summed E-state index contributed by atoms with van der Waals surface area (Å²) in [4.78, 5) is 35.7. The SMILES string of the molecule is CCOC(=O)c1ccc(Nc2cccc(S(=O)(=O)NC(=O)c3cccnc3N3CCC(C)C3(C)C)n2)cc1. The van der Waals surface area contributed by atoms with Crippen LogP contribution >= 0.6 is 0 Å². The molecule has 1 unspecified atom stereocenters. The van der Waals surface area contributed by atoms with Crippen molar-refractivity contribution in [3.63, 3.8) is 0 Å². The second-order valence-corrected chi connectivity index (χ2v) is 11.2. The Hall–Kier alpha value is -3.99. The molecule has 1 aliphatic heterocycles. The van der Waals surface area contributed by atoms with Crippen molar-refractivity contribution in [2.24, 2.45) is 5.92 Å². The maximum absolute atomic E-state index is 13.2. The molecule has 2 aromatic heterocycles. The Morgan fingerprint density at radius 2 is 1.84 bits per heavy atom. The molecular formula is C27H31N5O5S. The van der Waals surface area contributed by atoms with Gasteiger partial charge in [-0.3, -0.25) is 4.79 Å². The van der Waals surface area contributed by atoms with Gasteiger partial charge in [0.15, 0.2) is 5.03 Å². The largest absolute Gasteiger partial charge is 0.462 e. The molecule has 1 aromatic carbocycles. The lowest BCUT2D eigenvalue weighted by Crippen LogP contribution is -2.43. The van der Waals surface area contributed by atoms with Crippen molar-refractivity contribution in [3.8, 4) is 0 Å². The molecule has 10 nitrogen and oxygen atoms in total. The molecule has 3 aromatic rings. The third-order valence-electron chi connectivity index (χ3n) is 6.87. The molecule has 1 fully saturated rings. The number of carbonyl (C=O) groups excluding carboxylic acids is 2. The van der Waals surface area contributed by atoms with E-state index in [9.17, 15) is 18.0 Å². The lowest BCUT2D eigenvalue weighted by Gasteiger charge is -2.36. The Morgan fingerprint density at radius 1 is 1.11 bits per heavy atom. The lowest BCUT2D eigenvalue weighted by molar-refractivity contribution is 0.0526. The van der Waals surface area contributed by atoms with Crippen LogP contribution in [0.5, 0.6) is 0 Å². The normalized spacial score (nSPS) is 16.6. The number of carbonyl (C=O) groups is 2. The maximum atomic E-state index is 13.2. The highest BCUT2D eigenvalue weighted by atomic mass is 32.2. The van der Waals surface area contributed by atoms with Crippen LogP contribution < -0.4 is 14.9 Å². The van der Waals surface area contributed by atoms with Crippen molar-refractivity contribution in [1.82, 2.24) is 14.7 Å². The summed E-state index contributed by atoms with van der Waals surface area (Å²) in [5, 5.41) is 2.68. The van der Waals surface area contributed by atoms with Crippen LogP contribution in [0.2, 0.25) is 0 Å². The van der Waals surface area contributed by atoms with E-state index < -0.39 is 21.9 Å². The van der Waals surface area contributed by atoms with Gasteiger partial charge in [0, 0.05) is 24.0 Å². The van der Waals surface area contributed by atoms with E-state index in [0.29, 0.717) is 29.5 Å². The summed E-state index contributed by atoms with van der Waals surface area (Å²) in [5.41, 5.74) is 0.921. The van der Waals surface area contributed by atoms with Crippen molar-refractivity contribution in [1.29, 1.82) is 0 Å². The highest BCUT2D eigenvalue weighted by molar-refractivity contribution is 7.90. The second kappa shape index (κ2) is 10.8. The molecule has 4 rings (SSSR count). The molecule has 200 valence electrons. The van der Waals surface area contributed by atoms with Gasteiger partial charge in [-0.25, -0.2) is 19.5 Å². The van der Waals surface area contributed by atoms with Crippen molar-refractivity contribution in [3.05, 3.63) is 71.9 Å². The van der Waals surface area contributed by atoms with Gasteiger partial charge in [-0.05, 0) is 81.6 Å². The van der Waals surface area contributed by atoms with Gasteiger partial charge in [-0.1, -0.05) is 13.0 Å². The first-order valence-electron chi connectivity index (χ1n) is 12.3. The summed E-state index contributed by atoms with van der Waals surface area (Å²) < 4.78 is 33.3. The molecule has 11 heteroatoms. The van der Waals surface area contributed by atoms with Gasteiger partial charge in [0.2, 0.25) is 0 Å². The third kappa shape index (κ3) is 5.62. The molecule has 0 spiro atoms. The van der Waals surface area contributed by atoms with Gasteiger partial charge < -0.3 is 15.0 Å².